The number of benzene rings is 2. The highest BCUT2D eigenvalue weighted by Crippen LogP contribution is 2.34. The predicted octanol–water partition coefficient (Wildman–Crippen LogP) is 1.71. The number of rotatable bonds is 10. The van der Waals surface area contributed by atoms with Crippen molar-refractivity contribution in [2.75, 3.05) is 24.5 Å². The zero-order chi connectivity index (χ0) is 24.3. The van der Waals surface area contributed by atoms with Crippen molar-refractivity contribution in [2.45, 2.75) is 24.4 Å². The number of ether oxygens (including phenoxy) is 2. The van der Waals surface area contributed by atoms with Crippen LogP contribution in [0.2, 0.25) is 5.02 Å². The third-order valence-corrected chi connectivity index (χ3v) is 6.36. The van der Waals surface area contributed by atoms with Crippen molar-refractivity contribution in [1.29, 1.82) is 0 Å². The first-order chi connectivity index (χ1) is 15.6. The van der Waals surface area contributed by atoms with Gasteiger partial charge in [0.05, 0.1) is 12.1 Å². The normalized spacial score (nSPS) is 12.4. The highest BCUT2D eigenvalue weighted by Gasteiger charge is 2.26. The van der Waals surface area contributed by atoms with Crippen LogP contribution in [0.5, 0.6) is 11.5 Å². The number of primary sulfonamides is 1. The topological polar surface area (TPSA) is 157 Å². The molecule has 1 atom stereocenters. The van der Waals surface area contributed by atoms with Gasteiger partial charge in [0.25, 0.3) is 10.9 Å². The summed E-state index contributed by atoms with van der Waals surface area (Å²) >= 11 is 5.96. The van der Waals surface area contributed by atoms with Gasteiger partial charge in [-0.2, -0.15) is 0 Å². The molecule has 10 nitrogen and oxygen atoms in total. The number of aliphatic hydroxyl groups is 1. The molecule has 0 fully saturated rings. The van der Waals surface area contributed by atoms with Crippen LogP contribution in [0.3, 0.4) is 0 Å². The molecule has 0 radical (unpaired) electrons. The van der Waals surface area contributed by atoms with E-state index < -0.39 is 32.6 Å². The van der Waals surface area contributed by atoms with Crippen LogP contribution in [0.25, 0.3) is 0 Å². The van der Waals surface area contributed by atoms with E-state index >= 15 is 0 Å². The van der Waals surface area contributed by atoms with Crippen molar-refractivity contribution in [3.05, 3.63) is 73.0 Å². The standard InChI is InChI=1S/C21H22ClN3O7S/c1-11(12-4-3-5-14(8-12)31-2)25-17-16(18(27)19(17)28)24-9-13-6-7-15(22)21(33(23,29)30)20(13)32-10-26/h3-8,11,24-26H,9-10H2,1-2H3,(H2,23,29,30). The Kier molecular flexibility index (Phi) is 7.28. The Morgan fingerprint density at radius 2 is 1.85 bits per heavy atom. The molecule has 0 aliphatic carbocycles. The minimum Gasteiger partial charge on any atom is -0.497 e. The van der Waals surface area contributed by atoms with E-state index in [1.807, 2.05) is 13.0 Å². The molecule has 0 saturated carbocycles. The lowest BCUT2D eigenvalue weighted by Gasteiger charge is -2.21. The summed E-state index contributed by atoms with van der Waals surface area (Å²) in [7, 11) is -2.73. The molecular weight excluding hydrogens is 474 g/mol. The highest BCUT2D eigenvalue weighted by molar-refractivity contribution is 7.89. The molecule has 176 valence electrons. The van der Waals surface area contributed by atoms with Gasteiger partial charge in [-0.3, -0.25) is 9.59 Å². The van der Waals surface area contributed by atoms with Crippen molar-refractivity contribution in [2.24, 2.45) is 5.14 Å². The summed E-state index contributed by atoms with van der Waals surface area (Å²) in [5.74, 6) is 0.396. The summed E-state index contributed by atoms with van der Waals surface area (Å²) in [6.45, 7) is 0.878. The molecule has 0 spiro atoms. The Morgan fingerprint density at radius 1 is 1.15 bits per heavy atom. The van der Waals surface area contributed by atoms with E-state index in [0.717, 1.165) is 5.56 Å². The number of halogens is 1. The van der Waals surface area contributed by atoms with E-state index in [1.54, 1.807) is 25.3 Å². The van der Waals surface area contributed by atoms with E-state index in [-0.39, 0.29) is 40.3 Å². The van der Waals surface area contributed by atoms with Gasteiger partial charge >= 0.3 is 0 Å². The van der Waals surface area contributed by atoms with Gasteiger partial charge in [0.2, 0.25) is 10.0 Å². The predicted molar refractivity (Wildman–Crippen MR) is 124 cm³/mol. The van der Waals surface area contributed by atoms with Gasteiger partial charge in [-0.25, -0.2) is 13.6 Å². The van der Waals surface area contributed by atoms with Crippen LogP contribution in [0.15, 0.2) is 50.9 Å². The van der Waals surface area contributed by atoms with E-state index in [0.29, 0.717) is 5.75 Å². The van der Waals surface area contributed by atoms with Gasteiger partial charge in [-0.05, 0) is 30.7 Å². The quantitative estimate of drug-likeness (QED) is 0.242. The molecule has 0 amide bonds. The van der Waals surface area contributed by atoms with Crippen LogP contribution >= 0.6 is 11.6 Å². The molecule has 3 aromatic rings. The Morgan fingerprint density at radius 3 is 2.48 bits per heavy atom. The first kappa shape index (κ1) is 24.5. The van der Waals surface area contributed by atoms with Gasteiger partial charge in [0.15, 0.2) is 6.79 Å². The number of anilines is 2. The second-order valence-corrected chi connectivity index (χ2v) is 8.99. The lowest BCUT2D eigenvalue weighted by Crippen LogP contribution is -2.37. The van der Waals surface area contributed by atoms with Gasteiger partial charge in [0, 0.05) is 18.2 Å². The molecular formula is C21H22ClN3O7S. The largest absolute Gasteiger partial charge is 0.497 e. The molecule has 12 heteroatoms. The minimum atomic E-state index is -4.27. The minimum absolute atomic E-state index is 0.0387. The summed E-state index contributed by atoms with van der Waals surface area (Å²) in [6.07, 6.45) is 0. The fraction of sp³-hybridized carbons (Fsp3) is 0.238. The van der Waals surface area contributed by atoms with Crippen LogP contribution in [0.1, 0.15) is 24.1 Å². The van der Waals surface area contributed by atoms with E-state index in [9.17, 15) is 23.1 Å². The van der Waals surface area contributed by atoms with E-state index in [4.69, 9.17) is 26.2 Å². The zero-order valence-corrected chi connectivity index (χ0v) is 19.3. The van der Waals surface area contributed by atoms with Crippen molar-refractivity contribution in [3.8, 4) is 11.5 Å². The smallest absolute Gasteiger partial charge is 0.253 e. The van der Waals surface area contributed by atoms with Gasteiger partial charge in [-0.1, -0.05) is 29.8 Å². The number of methoxy groups -OCH3 is 1. The lowest BCUT2D eigenvalue weighted by atomic mass is 10.1. The molecule has 0 bridgehead atoms. The second kappa shape index (κ2) is 9.79. The monoisotopic (exact) mass is 495 g/mol. The SMILES string of the molecule is COc1cccc(C(C)Nc2c(NCc3ccc(Cl)c(S(N)(=O)=O)c3OCO)c(=O)c2=O)c1. The van der Waals surface area contributed by atoms with Crippen LogP contribution in [0.4, 0.5) is 11.4 Å². The van der Waals surface area contributed by atoms with Gasteiger partial charge in [0.1, 0.15) is 27.8 Å². The summed E-state index contributed by atoms with van der Waals surface area (Å²) < 4.78 is 34.1. The van der Waals surface area contributed by atoms with Crippen molar-refractivity contribution >= 4 is 33.0 Å². The Bertz CT molecular complexity index is 1350. The summed E-state index contributed by atoms with van der Waals surface area (Å²) in [6, 6.07) is 9.67. The Labute approximate surface area is 194 Å². The molecule has 1 unspecified atom stereocenters. The number of aliphatic hydroxyl groups excluding tert-OH is 1. The molecule has 0 saturated heterocycles. The maximum Gasteiger partial charge on any atom is 0.253 e. The average molecular weight is 496 g/mol. The first-order valence-corrected chi connectivity index (χ1v) is 11.6. The maximum atomic E-state index is 12.2. The summed E-state index contributed by atoms with van der Waals surface area (Å²) in [5.41, 5.74) is -0.182. The molecule has 0 aliphatic rings. The molecule has 33 heavy (non-hydrogen) atoms. The van der Waals surface area contributed by atoms with E-state index in [1.165, 1.54) is 12.1 Å². The number of nitrogens with one attached hydrogen (secondary N) is 2. The van der Waals surface area contributed by atoms with Crippen molar-refractivity contribution in [3.63, 3.8) is 0 Å². The van der Waals surface area contributed by atoms with Crippen LogP contribution in [-0.2, 0) is 16.6 Å². The van der Waals surface area contributed by atoms with Gasteiger partial charge < -0.3 is 25.2 Å². The maximum absolute atomic E-state index is 12.2. The zero-order valence-electron chi connectivity index (χ0n) is 17.7. The number of sulfonamides is 1. The van der Waals surface area contributed by atoms with Crippen LogP contribution < -0.4 is 36.1 Å². The first-order valence-electron chi connectivity index (χ1n) is 9.64. The lowest BCUT2D eigenvalue weighted by molar-refractivity contribution is 0.0948. The average Bonchev–Trinajstić information content (AvgIpc) is 2.78. The number of hydrogen-bond acceptors (Lipinski definition) is 9. The second-order valence-electron chi connectivity index (χ2n) is 7.09. The number of hydrogen-bond donors (Lipinski definition) is 4. The molecule has 0 aromatic heterocycles. The molecule has 0 heterocycles. The molecule has 3 rings (SSSR count). The third-order valence-electron chi connectivity index (χ3n) is 4.96. The van der Waals surface area contributed by atoms with Crippen LogP contribution in [0, 0.1) is 0 Å². The summed E-state index contributed by atoms with van der Waals surface area (Å²) in [5, 5.41) is 20.1. The molecule has 0 aliphatic heterocycles. The van der Waals surface area contributed by atoms with Gasteiger partial charge in [-0.15, -0.1) is 0 Å². The fourth-order valence-corrected chi connectivity index (χ4v) is 4.56. The van der Waals surface area contributed by atoms with Crippen molar-refractivity contribution in [1.82, 2.24) is 0 Å². The summed E-state index contributed by atoms with van der Waals surface area (Å²) in [4.78, 5) is 23.8. The van der Waals surface area contributed by atoms with Crippen molar-refractivity contribution < 1.29 is 23.0 Å². The van der Waals surface area contributed by atoms with Crippen LogP contribution in [-0.4, -0.2) is 27.4 Å². The molecule has 3 aromatic carbocycles. The Hall–Kier alpha value is -3.12. The third kappa shape index (κ3) is 5.11. The highest BCUT2D eigenvalue weighted by atomic mass is 35.5. The Balaban J connectivity index is 1.86. The molecule has 5 N–H and O–H groups in total. The van der Waals surface area contributed by atoms with E-state index in [2.05, 4.69) is 10.6 Å². The fourth-order valence-electron chi connectivity index (χ4n) is 3.30. The number of nitrogens with two attached hydrogens (primary N) is 1.